The molecule has 1 heterocycles. The topological polar surface area (TPSA) is 65.6 Å². The Balaban J connectivity index is 2.37. The minimum atomic E-state index is 0.0860. The zero-order valence-electron chi connectivity index (χ0n) is 10.9. The molecule has 5 nitrogen and oxygen atoms in total. The molecule has 0 amide bonds. The molecule has 0 aliphatic carbocycles. The van der Waals surface area contributed by atoms with E-state index in [0.29, 0.717) is 0 Å². The van der Waals surface area contributed by atoms with Crippen molar-refractivity contribution in [2.75, 3.05) is 45.2 Å². The van der Waals surface area contributed by atoms with Gasteiger partial charge in [0.2, 0.25) is 0 Å². The van der Waals surface area contributed by atoms with Crippen LogP contribution < -0.4 is 15.4 Å². The second kappa shape index (κ2) is 5.27. The average Bonchev–Trinajstić information content (AvgIpc) is 2.38. The van der Waals surface area contributed by atoms with Gasteiger partial charge in [-0.1, -0.05) is 6.07 Å². The number of piperazine rings is 1. The van der Waals surface area contributed by atoms with E-state index in [-0.39, 0.29) is 5.84 Å². The summed E-state index contributed by atoms with van der Waals surface area (Å²) < 4.78 is 5.41. The van der Waals surface area contributed by atoms with E-state index in [9.17, 15) is 0 Å². The lowest BCUT2D eigenvalue weighted by Gasteiger charge is -2.35. The maximum absolute atomic E-state index is 7.69. The zero-order chi connectivity index (χ0) is 13.1. The maximum Gasteiger partial charge on any atom is 0.142 e. The molecule has 0 saturated carbocycles. The van der Waals surface area contributed by atoms with Crippen LogP contribution in [0.15, 0.2) is 18.2 Å². The second-order valence-electron chi connectivity index (χ2n) is 4.56. The highest BCUT2D eigenvalue weighted by molar-refractivity contribution is 6.01. The van der Waals surface area contributed by atoms with Gasteiger partial charge in [-0.15, -0.1) is 0 Å². The van der Waals surface area contributed by atoms with Crippen LogP contribution >= 0.6 is 0 Å². The van der Waals surface area contributed by atoms with Gasteiger partial charge in [0.05, 0.1) is 12.8 Å². The highest BCUT2D eigenvalue weighted by Gasteiger charge is 2.21. The van der Waals surface area contributed by atoms with E-state index in [0.717, 1.165) is 43.2 Å². The molecule has 3 N–H and O–H groups in total. The lowest BCUT2D eigenvalue weighted by molar-refractivity contribution is 0.311. The number of anilines is 1. The minimum Gasteiger partial charge on any atom is -0.495 e. The third kappa shape index (κ3) is 2.41. The molecule has 1 aliphatic heterocycles. The molecule has 5 heteroatoms. The molecule has 98 valence electrons. The molecule has 0 unspecified atom stereocenters. The number of likely N-dealkylation sites (N-methyl/N-ethyl adjacent to an activating group) is 1. The Morgan fingerprint density at radius 1 is 1.28 bits per heavy atom. The van der Waals surface area contributed by atoms with Gasteiger partial charge in [0.15, 0.2) is 0 Å². The number of benzene rings is 1. The Bertz CT molecular complexity index is 439. The number of hydrogen-bond acceptors (Lipinski definition) is 4. The third-order valence-corrected chi connectivity index (χ3v) is 3.33. The van der Waals surface area contributed by atoms with Gasteiger partial charge >= 0.3 is 0 Å². The monoisotopic (exact) mass is 248 g/mol. The molecule has 1 fully saturated rings. The predicted molar refractivity (Wildman–Crippen MR) is 73.7 cm³/mol. The summed E-state index contributed by atoms with van der Waals surface area (Å²) in [6.45, 7) is 3.87. The molecule has 18 heavy (non-hydrogen) atoms. The average molecular weight is 248 g/mol. The Morgan fingerprint density at radius 2 is 1.94 bits per heavy atom. The number of nitrogens with zero attached hydrogens (tertiary/aromatic N) is 2. The molecular weight excluding hydrogens is 228 g/mol. The first-order valence-electron chi connectivity index (χ1n) is 6.08. The SMILES string of the molecule is COc1cccc(C(=N)N)c1N1CCN(C)CC1. The lowest BCUT2D eigenvalue weighted by atomic mass is 10.1. The smallest absolute Gasteiger partial charge is 0.142 e. The van der Waals surface area contributed by atoms with Gasteiger partial charge in [0.1, 0.15) is 11.6 Å². The number of ether oxygens (including phenoxy) is 1. The van der Waals surface area contributed by atoms with Crippen molar-refractivity contribution >= 4 is 11.5 Å². The van der Waals surface area contributed by atoms with Gasteiger partial charge in [-0.2, -0.15) is 0 Å². The number of amidine groups is 1. The van der Waals surface area contributed by atoms with E-state index >= 15 is 0 Å². The maximum atomic E-state index is 7.69. The molecule has 0 bridgehead atoms. The van der Waals surface area contributed by atoms with Crippen LogP contribution in [0, 0.1) is 5.41 Å². The molecule has 0 radical (unpaired) electrons. The highest BCUT2D eigenvalue weighted by Crippen LogP contribution is 2.32. The predicted octanol–water partition coefficient (Wildman–Crippen LogP) is 0.731. The summed E-state index contributed by atoms with van der Waals surface area (Å²) in [6, 6.07) is 5.66. The van der Waals surface area contributed by atoms with Crippen molar-refractivity contribution in [3.63, 3.8) is 0 Å². The van der Waals surface area contributed by atoms with Crippen LogP contribution in [0.25, 0.3) is 0 Å². The number of hydrogen-bond donors (Lipinski definition) is 2. The summed E-state index contributed by atoms with van der Waals surface area (Å²) in [5.74, 6) is 0.870. The highest BCUT2D eigenvalue weighted by atomic mass is 16.5. The summed E-state index contributed by atoms with van der Waals surface area (Å²) in [5, 5.41) is 7.69. The van der Waals surface area contributed by atoms with Gasteiger partial charge in [-0.25, -0.2) is 0 Å². The Labute approximate surface area is 108 Å². The van der Waals surface area contributed by atoms with E-state index in [1.807, 2.05) is 18.2 Å². The van der Waals surface area contributed by atoms with Crippen LogP contribution in [0.3, 0.4) is 0 Å². The van der Waals surface area contributed by atoms with Crippen LogP contribution in [0.5, 0.6) is 5.75 Å². The number of rotatable bonds is 3. The summed E-state index contributed by atoms with van der Waals surface area (Å²) in [7, 11) is 3.77. The Hall–Kier alpha value is -1.75. The van der Waals surface area contributed by atoms with Crippen molar-refractivity contribution in [3.05, 3.63) is 23.8 Å². The summed E-state index contributed by atoms with van der Waals surface area (Å²) in [5.41, 5.74) is 7.36. The lowest BCUT2D eigenvalue weighted by Crippen LogP contribution is -2.45. The fourth-order valence-corrected chi connectivity index (χ4v) is 2.26. The van der Waals surface area contributed by atoms with Gasteiger partial charge in [-0.3, -0.25) is 5.41 Å². The second-order valence-corrected chi connectivity index (χ2v) is 4.56. The van der Waals surface area contributed by atoms with E-state index in [1.165, 1.54) is 0 Å². The largest absolute Gasteiger partial charge is 0.495 e. The van der Waals surface area contributed by atoms with E-state index in [4.69, 9.17) is 15.9 Å². The van der Waals surface area contributed by atoms with Gasteiger partial charge < -0.3 is 20.3 Å². The van der Waals surface area contributed by atoms with Crippen molar-refractivity contribution in [2.24, 2.45) is 5.73 Å². The number of nitrogens with one attached hydrogen (secondary N) is 1. The molecule has 1 aromatic rings. The molecule has 1 aliphatic rings. The Kier molecular flexibility index (Phi) is 3.72. The summed E-state index contributed by atoms with van der Waals surface area (Å²) in [4.78, 5) is 4.54. The van der Waals surface area contributed by atoms with Gasteiger partial charge in [-0.05, 0) is 19.2 Å². The van der Waals surface area contributed by atoms with Crippen LogP contribution in [-0.2, 0) is 0 Å². The van der Waals surface area contributed by atoms with Gasteiger partial charge in [0, 0.05) is 31.7 Å². The van der Waals surface area contributed by atoms with Crippen molar-refractivity contribution < 1.29 is 4.74 Å². The molecule has 0 atom stereocenters. The molecule has 1 aromatic carbocycles. The van der Waals surface area contributed by atoms with Crippen LogP contribution in [0.2, 0.25) is 0 Å². The molecule has 2 rings (SSSR count). The van der Waals surface area contributed by atoms with Crippen LogP contribution in [0.4, 0.5) is 5.69 Å². The molecule has 1 saturated heterocycles. The quantitative estimate of drug-likeness (QED) is 0.611. The third-order valence-electron chi connectivity index (χ3n) is 3.33. The first kappa shape index (κ1) is 12.7. The van der Waals surface area contributed by atoms with Crippen molar-refractivity contribution in [2.45, 2.75) is 0 Å². The number of nitrogen functional groups attached to an aromatic ring is 1. The first-order valence-corrected chi connectivity index (χ1v) is 6.08. The minimum absolute atomic E-state index is 0.0860. The molecule has 0 aromatic heterocycles. The number of para-hydroxylation sites is 1. The summed E-state index contributed by atoms with van der Waals surface area (Å²) >= 11 is 0. The fourth-order valence-electron chi connectivity index (χ4n) is 2.26. The molecular formula is C13H20N4O. The van der Waals surface area contributed by atoms with Crippen molar-refractivity contribution in [1.29, 1.82) is 5.41 Å². The molecule has 0 spiro atoms. The zero-order valence-corrected chi connectivity index (χ0v) is 10.9. The van der Waals surface area contributed by atoms with Crippen molar-refractivity contribution in [1.82, 2.24) is 4.90 Å². The number of methoxy groups -OCH3 is 1. The Morgan fingerprint density at radius 3 is 2.50 bits per heavy atom. The van der Waals surface area contributed by atoms with Crippen molar-refractivity contribution in [3.8, 4) is 5.75 Å². The van der Waals surface area contributed by atoms with E-state index < -0.39 is 0 Å². The van der Waals surface area contributed by atoms with E-state index in [2.05, 4.69) is 16.8 Å². The van der Waals surface area contributed by atoms with Gasteiger partial charge in [0.25, 0.3) is 0 Å². The standard InChI is InChI=1S/C13H20N4O/c1-16-6-8-17(9-7-16)12-10(13(14)15)4-3-5-11(12)18-2/h3-5H,6-9H2,1-2H3,(H3,14,15). The normalized spacial score (nSPS) is 16.7. The first-order chi connectivity index (χ1) is 8.63. The van der Waals surface area contributed by atoms with E-state index in [1.54, 1.807) is 7.11 Å². The van der Waals surface area contributed by atoms with Crippen LogP contribution in [0.1, 0.15) is 5.56 Å². The fraction of sp³-hybridized carbons (Fsp3) is 0.462. The summed E-state index contributed by atoms with van der Waals surface area (Å²) in [6.07, 6.45) is 0. The van der Waals surface area contributed by atoms with Crippen LogP contribution in [-0.4, -0.2) is 51.1 Å². The number of nitrogens with two attached hydrogens (primary N) is 1.